The molecule has 14 heterocycles. The maximum Gasteiger partial charge on any atom is 0.328 e. The van der Waals surface area contributed by atoms with Crippen LogP contribution < -0.4 is 53.5 Å². The molecule has 5 unspecified atom stereocenters. The molecule has 5 saturated heterocycles. The number of carboxylic acid groups (broad SMARTS) is 1. The summed E-state index contributed by atoms with van der Waals surface area (Å²) in [4.78, 5) is 165. The fourth-order valence-electron chi connectivity index (χ4n) is 13.7. The van der Waals surface area contributed by atoms with Crippen molar-refractivity contribution in [2.75, 3.05) is 80.7 Å². The van der Waals surface area contributed by atoms with Crippen LogP contribution in [0.4, 0.5) is 37.1 Å². The molecule has 62 heteroatoms. The number of rotatable bonds is 27. The fraction of sp³-hybridized carbons (Fsp3) is 0.413. The van der Waals surface area contributed by atoms with Gasteiger partial charge in [-0.25, -0.2) is 66.8 Å². The highest BCUT2D eigenvalue weighted by molar-refractivity contribution is 8.08. The molecular formula is C75H85F2N30O23P5S2. The largest absolute Gasteiger partial charge is 0.786 e. The maximum absolute atomic E-state index is 16.7. The molecule has 0 spiro atoms. The number of nitrogens with one attached hydrogen (secondary N) is 7. The first-order chi connectivity index (χ1) is 65.9. The van der Waals surface area contributed by atoms with Crippen LogP contribution in [0.3, 0.4) is 0 Å². The SMILES string of the molecule is [2H]P(C)P.[C-]#[N+]CCOP(=S)(OC[C@H]1O[C@@H](n2cnc3c(NC(=O)c4ccccc4)ncnc32)[C@H](OC(=O)[O-])[C@@H]1N=[N+]=[N-])O[C@@H]1[C@H](F)[C@@H](CO)O[C@H]1n1cnc2c(=O)[nH]c(NC(=O)C(C)C)nc21.[C-]#[N+]CCOP1(=S)OC[C@H]2O[C@@H](n3cnc4c(NC(=O)c5ccccc5)ncnc43)[C@H](OP([O-])OC[C@H]3O[C@@H](n4cnc5c(=O)[nH]c(NC(=O)C(C)C)nc54)[C@H](O1)[C@@H]3F)[C@@H]2N=[N+]=[N-].[NH4+].c1cc[nH+]cc1. The summed E-state index contributed by atoms with van der Waals surface area (Å²) in [7, 11) is -1.23. The molecule has 137 heavy (non-hydrogen) atoms. The molecular weight excluding hydrogens is 1950 g/mol. The number of hydrogen-bond acceptors (Lipinski definition) is 37. The van der Waals surface area contributed by atoms with E-state index in [0.717, 1.165) is 23.5 Å². The van der Waals surface area contributed by atoms with Crippen molar-refractivity contribution in [3.63, 3.8) is 0 Å². The second-order valence-corrected chi connectivity index (χ2v) is 38.4. The summed E-state index contributed by atoms with van der Waals surface area (Å²) >= 11 is 11.5. The minimum atomic E-state index is -4.29. The Balaban J connectivity index is 0.000000223. The highest BCUT2D eigenvalue weighted by Crippen LogP contribution is 2.58. The summed E-state index contributed by atoms with van der Waals surface area (Å²) in [5.41, 5.74) is 18.0. The molecule has 53 nitrogen and oxygen atoms in total. The second-order valence-electron chi connectivity index (χ2n) is 29.5. The standard InChI is InChI=1S/C35H36FN14O12PS.C34H34FN14O11P2S.C5H5N.CH6P2.H3N/c1-16(2)29(52)45-34-44-28-23(31(54)46-34)42-15-50(28)32-24(20(36)18(11-51)59-32)62-63(64,57-10-9-38-3)58-12-19-21(47-48-37)25(61-35(55)56)33(60-19)49-14-41-22-26(39-13-40-27(22)49)43-30(53)17-7-5-4-6-8-17;1-16(2)29(50)44-34-43-28-23(31(52)45-34)41-15-49(28)32-24-20(35)18(57-32)11-54-61(53)59-25-21(46-47-36)19(12-56-62(63,60-24)55-10-9-37-3)58-33(25)48-14-40-22-26(38-13-39-27(22)48)42-30(51)17-7-5-4-6-8-17;1-2-4-6-5-3-1;1-3-2;/h4-8,13-16,18-21,24-25,32-33,51H,9-12H2,1-2H3,(H,55,56)(H,39,40,43,53)(H2,44,45,46,52,54);4-8,13-16,18-21,24-25,32-33H,9-12H2,1-2H3,(H,38,39,42,51)(H2,43,44,45,50,52);1-5H;3H,2H2,1H3;1H3/q;-1;;;/p+1/t18-,19-,20-,21-,24-,25-,32-,33-,63?;18-,19-,20-,21-,24-,25-,32-,33-,61?,62?;;;/m11.../s1/i;;;3D;. The zero-order valence-electron chi connectivity index (χ0n) is 73.4. The van der Waals surface area contributed by atoms with Crippen molar-refractivity contribution in [1.82, 2.24) is 84.2 Å². The van der Waals surface area contributed by atoms with Crippen LogP contribution in [0.1, 0.15) is 73.3 Å². The van der Waals surface area contributed by atoms with Gasteiger partial charge < -0.3 is 97.2 Å². The number of amides is 4. The summed E-state index contributed by atoms with van der Waals surface area (Å²) < 4.78 is 121. The van der Waals surface area contributed by atoms with Crippen molar-refractivity contribution in [3.05, 3.63) is 205 Å². The van der Waals surface area contributed by atoms with Gasteiger partial charge in [-0.05, 0) is 65.6 Å². The molecule has 21 atom stereocenters. The molecule has 724 valence electrons. The van der Waals surface area contributed by atoms with Gasteiger partial charge in [0.25, 0.3) is 29.1 Å². The minimum Gasteiger partial charge on any atom is -0.786 e. The lowest BCUT2D eigenvalue weighted by Crippen LogP contribution is -2.39. The van der Waals surface area contributed by atoms with E-state index in [0.29, 0.717) is 11.1 Å². The third-order valence-electron chi connectivity index (χ3n) is 20.0. The molecule has 0 radical (unpaired) electrons. The molecule has 2 aromatic carbocycles. The Morgan fingerprint density at radius 3 is 1.67 bits per heavy atom. The van der Waals surface area contributed by atoms with Gasteiger partial charge in [-0.15, -0.1) is 17.1 Å². The summed E-state index contributed by atoms with van der Waals surface area (Å²) in [6.07, 6.45) is -13.7. The number of anilines is 4. The number of azide groups is 2. The molecule has 4 bridgehead atoms. The molecule has 0 saturated carbocycles. The van der Waals surface area contributed by atoms with Crippen molar-refractivity contribution in [2.45, 2.75) is 126 Å². The number of carbonyl (C=O) groups is 5. The number of nitrogens with zero attached hydrogens (tertiary/aromatic N) is 22. The number of aliphatic hydroxyl groups excluding tert-OH is 1. The third kappa shape index (κ3) is 24.8. The fourth-order valence-corrected chi connectivity index (χ4v) is 18.6. The van der Waals surface area contributed by atoms with Gasteiger partial charge >= 0.3 is 13.4 Å². The van der Waals surface area contributed by atoms with Gasteiger partial charge in [-0.2, -0.15) is 9.97 Å². The average Bonchev–Trinajstić information content (AvgIpc) is 1.61. The average molecular weight is 2030 g/mol. The number of ether oxygens (including phenoxy) is 5. The number of quaternary nitrogens is 1. The molecule has 5 aliphatic heterocycles. The molecule has 5 fully saturated rings. The predicted molar refractivity (Wildman–Crippen MR) is 487 cm³/mol. The van der Waals surface area contributed by atoms with Gasteiger partial charge in [-0.3, -0.25) is 76.7 Å². The molecule has 0 aliphatic carbocycles. The van der Waals surface area contributed by atoms with E-state index in [1.54, 1.807) is 88.4 Å². The van der Waals surface area contributed by atoms with E-state index >= 15 is 8.78 Å². The van der Waals surface area contributed by atoms with Crippen LogP contribution >= 0.6 is 39.2 Å². The smallest absolute Gasteiger partial charge is 0.328 e. The van der Waals surface area contributed by atoms with Crippen molar-refractivity contribution in [3.8, 4) is 0 Å². The van der Waals surface area contributed by atoms with E-state index < -0.39 is 214 Å². The number of imidazole rings is 4. The van der Waals surface area contributed by atoms with Crippen molar-refractivity contribution < 1.29 is 113 Å². The lowest BCUT2D eigenvalue weighted by atomic mass is 10.1. The van der Waals surface area contributed by atoms with Crippen molar-refractivity contribution in [2.24, 2.45) is 22.1 Å². The maximum atomic E-state index is 16.7. The number of benzene rings is 2. The summed E-state index contributed by atoms with van der Waals surface area (Å²) in [6, 6.07) is 19.6. The Bertz CT molecular complexity index is 6550. The Kier molecular flexibility index (Phi) is 35.8. The van der Waals surface area contributed by atoms with Crippen LogP contribution in [0.2, 0.25) is 0 Å². The number of carbonyl (C=O) groups excluding carboxylic acids is 5. The van der Waals surface area contributed by atoms with E-state index in [2.05, 4.69) is 125 Å². The Morgan fingerprint density at radius 2 is 1.17 bits per heavy atom. The third-order valence-corrected chi connectivity index (χ3v) is 25.5. The van der Waals surface area contributed by atoms with E-state index in [1.165, 1.54) is 32.7 Å². The lowest BCUT2D eigenvalue weighted by molar-refractivity contribution is -0.378. The lowest BCUT2D eigenvalue weighted by Gasteiger charge is -2.31. The van der Waals surface area contributed by atoms with Crippen molar-refractivity contribution in [1.29, 1.82) is 1.28 Å². The van der Waals surface area contributed by atoms with Gasteiger partial charge in [0.15, 0.2) is 106 Å². The number of alkyl halides is 2. The number of aromatic nitrogens is 17. The first kappa shape index (κ1) is 102. The Morgan fingerprint density at radius 1 is 0.686 bits per heavy atom. The molecule has 9 aromatic heterocycles. The minimum absolute atomic E-state index is 0. The van der Waals surface area contributed by atoms with Crippen LogP contribution in [0, 0.1) is 25.0 Å². The molecule has 4 amide bonds. The second kappa shape index (κ2) is 47.8. The van der Waals surface area contributed by atoms with Crippen molar-refractivity contribution >= 4 is 161 Å². The number of halogens is 2. The highest BCUT2D eigenvalue weighted by atomic mass is 32.5. The van der Waals surface area contributed by atoms with Crippen LogP contribution in [0.15, 0.2) is 149 Å². The number of pyridine rings is 1. The first-order valence-corrected chi connectivity index (χ1v) is 49.6. The quantitative estimate of drug-likeness (QED) is 0.00486. The Hall–Kier alpha value is -12.0. The van der Waals surface area contributed by atoms with Gasteiger partial charge in [0.1, 0.15) is 56.4 Å². The zero-order chi connectivity index (χ0) is 97.9. The summed E-state index contributed by atoms with van der Waals surface area (Å²) in [5.74, 6) is -3.32. The van der Waals surface area contributed by atoms with Crippen LogP contribution in [0.25, 0.3) is 75.2 Å². The summed E-state index contributed by atoms with van der Waals surface area (Å²) in [6.45, 7) is 10.4. The zero-order valence-corrected chi connectivity index (χ0v) is 78.7. The number of aliphatic hydroxyl groups is 1. The highest BCUT2D eigenvalue weighted by Gasteiger charge is 2.55. The molecule has 16 rings (SSSR count). The first-order valence-electron chi connectivity index (χ1n) is 40.9. The molecule has 5 aliphatic rings. The number of aromatic amines is 3. The van der Waals surface area contributed by atoms with E-state index in [1.807, 2.05) is 37.3 Å². The van der Waals surface area contributed by atoms with Gasteiger partial charge in [0.2, 0.25) is 36.8 Å². The predicted octanol–water partition coefficient (Wildman–Crippen LogP) is 7.05. The van der Waals surface area contributed by atoms with Crippen LogP contribution in [-0.4, -0.2) is 247 Å². The molecule has 11 aromatic rings. The number of H-pyrrole nitrogens is 3. The van der Waals surface area contributed by atoms with E-state index in [-0.39, 0.29) is 94.0 Å². The monoisotopic (exact) mass is 2030 g/mol. The summed E-state index contributed by atoms with van der Waals surface area (Å²) in [5, 5.41) is 39.9. The Labute approximate surface area is 788 Å². The van der Waals surface area contributed by atoms with Gasteiger partial charge in [-0.1, -0.05) is 80.4 Å². The van der Waals surface area contributed by atoms with Crippen LogP contribution in [0.5, 0.6) is 0 Å². The van der Waals surface area contributed by atoms with Gasteiger partial charge in [0.05, 0.1) is 92.0 Å². The topological polar surface area (TPSA) is 691 Å². The number of fused-ring (bicyclic) bond motifs is 8. The van der Waals surface area contributed by atoms with E-state index in [9.17, 15) is 59.7 Å². The normalized spacial score (nSPS) is 25.2. The van der Waals surface area contributed by atoms with Gasteiger partial charge in [0, 0.05) is 44.9 Å². The number of hydrogen-bond donors (Lipinski definition) is 8. The van der Waals surface area contributed by atoms with E-state index in [4.69, 9.17) is 97.9 Å². The molecule has 12 N–H and O–H groups in total. The van der Waals surface area contributed by atoms with Crippen LogP contribution in [-0.2, 0) is 93.1 Å².